The van der Waals surface area contributed by atoms with Crippen LogP contribution in [0.3, 0.4) is 0 Å². The maximum Gasteiger partial charge on any atom is 0.552 e. The third-order valence-electron chi connectivity index (χ3n) is 5.03. The molecule has 1 spiro atoms. The quantitative estimate of drug-likeness (QED) is 0.693. The Labute approximate surface area is 133 Å². The largest absolute Gasteiger partial charge is 0.552 e. The molecule has 0 saturated carbocycles. The molecule has 4 heterocycles. The highest BCUT2D eigenvalue weighted by molar-refractivity contribution is 5.86. The number of nitrogens with zero attached hydrogens (tertiary/aromatic N) is 4. The summed E-state index contributed by atoms with van der Waals surface area (Å²) >= 11 is 0. The highest BCUT2D eigenvalue weighted by atomic mass is 15.7. The minimum absolute atomic E-state index is 0.420. The molecule has 0 bridgehead atoms. The van der Waals surface area contributed by atoms with Gasteiger partial charge in [-0.05, 0) is 12.1 Å². The van der Waals surface area contributed by atoms with Gasteiger partial charge in [-0.2, -0.15) is 9.80 Å². The molecule has 4 nitrogen and oxygen atoms in total. The first kappa shape index (κ1) is 11.4. The second kappa shape index (κ2) is 3.60. The van der Waals surface area contributed by atoms with Crippen LogP contribution in [-0.2, 0) is 0 Å². The lowest BCUT2D eigenvalue weighted by molar-refractivity contribution is -0.743. The normalized spacial score (nSPS) is 20.5. The standard InChI is InChI=1S/C19H14N4/c1-2-8-16-15(7-1)20-11-5-13-22-17-9-3-4-10-18(17)23-14-6-12-21(16)19(20,22)23/h1-14H/q+2. The molecule has 0 aromatic heterocycles. The highest BCUT2D eigenvalue weighted by Crippen LogP contribution is 2.55. The van der Waals surface area contributed by atoms with Crippen LogP contribution in [0.1, 0.15) is 0 Å². The summed E-state index contributed by atoms with van der Waals surface area (Å²) in [6.45, 7) is 0. The molecule has 0 N–H and O–H groups in total. The molecular weight excluding hydrogens is 284 g/mol. The molecule has 0 amide bonds. The third-order valence-corrected chi connectivity index (χ3v) is 5.03. The highest BCUT2D eigenvalue weighted by Gasteiger charge is 2.74. The Hall–Kier alpha value is -3.14. The van der Waals surface area contributed by atoms with Crippen molar-refractivity contribution < 1.29 is 9.15 Å². The molecule has 4 aliphatic heterocycles. The summed E-state index contributed by atoms with van der Waals surface area (Å²) in [5.74, 6) is -0.420. The van der Waals surface area contributed by atoms with Crippen molar-refractivity contribution in [1.82, 2.24) is 0 Å². The summed E-state index contributed by atoms with van der Waals surface area (Å²) in [6.07, 6.45) is 12.9. The van der Waals surface area contributed by atoms with E-state index >= 15 is 0 Å². The second-order valence-electron chi connectivity index (χ2n) is 6.04. The van der Waals surface area contributed by atoms with Crippen molar-refractivity contribution in [2.24, 2.45) is 0 Å². The van der Waals surface area contributed by atoms with Crippen LogP contribution in [0.15, 0.2) is 73.1 Å². The van der Waals surface area contributed by atoms with Gasteiger partial charge in [0.1, 0.15) is 11.4 Å². The minimum Gasteiger partial charge on any atom is -0.199 e. The molecular formula is C19H14N4+2. The Kier molecular flexibility index (Phi) is 1.79. The van der Waals surface area contributed by atoms with Gasteiger partial charge >= 0.3 is 5.91 Å². The van der Waals surface area contributed by atoms with Gasteiger partial charge in [0.15, 0.2) is 12.4 Å². The fourth-order valence-electron chi connectivity index (χ4n) is 4.23. The van der Waals surface area contributed by atoms with Crippen LogP contribution in [0.5, 0.6) is 0 Å². The number of hydrogen-bond donors (Lipinski definition) is 0. The van der Waals surface area contributed by atoms with Gasteiger partial charge in [-0.3, -0.25) is 0 Å². The number of para-hydroxylation sites is 4. The zero-order chi connectivity index (χ0) is 15.0. The van der Waals surface area contributed by atoms with Gasteiger partial charge in [0, 0.05) is 36.7 Å². The molecule has 23 heavy (non-hydrogen) atoms. The number of benzene rings is 2. The van der Waals surface area contributed by atoms with Crippen LogP contribution in [0.25, 0.3) is 0 Å². The van der Waals surface area contributed by atoms with E-state index in [0.29, 0.717) is 0 Å². The first-order valence-corrected chi connectivity index (χ1v) is 7.81. The molecule has 0 radical (unpaired) electrons. The minimum atomic E-state index is -0.420. The zero-order valence-corrected chi connectivity index (χ0v) is 12.4. The summed E-state index contributed by atoms with van der Waals surface area (Å²) in [6, 6.07) is 17.1. The van der Waals surface area contributed by atoms with Crippen LogP contribution < -0.4 is 9.80 Å². The number of allylic oxidation sites excluding steroid dienone is 2. The van der Waals surface area contributed by atoms with Crippen molar-refractivity contribution in [1.29, 1.82) is 0 Å². The van der Waals surface area contributed by atoms with Crippen molar-refractivity contribution >= 4 is 35.2 Å². The molecule has 0 fully saturated rings. The van der Waals surface area contributed by atoms with E-state index in [1.165, 1.54) is 22.7 Å². The smallest absolute Gasteiger partial charge is 0.199 e. The molecule has 2 aromatic rings. The SMILES string of the molecule is C1=CN2c3ccccc3[N+]3=CC=CN4c5ccccc5[N+](=C1)C423. The molecule has 2 aromatic carbocycles. The second-order valence-corrected chi connectivity index (χ2v) is 6.04. The summed E-state index contributed by atoms with van der Waals surface area (Å²) in [5, 5.41) is 0. The maximum absolute atomic E-state index is 2.35. The number of rotatable bonds is 0. The Balaban J connectivity index is 1.77. The molecule has 0 saturated heterocycles. The van der Waals surface area contributed by atoms with Gasteiger partial charge < -0.3 is 0 Å². The number of anilines is 2. The Bertz CT molecular complexity index is 914. The van der Waals surface area contributed by atoms with Crippen LogP contribution in [0, 0.1) is 0 Å². The van der Waals surface area contributed by atoms with Crippen molar-refractivity contribution in [3.05, 3.63) is 73.1 Å². The van der Waals surface area contributed by atoms with E-state index in [4.69, 9.17) is 0 Å². The van der Waals surface area contributed by atoms with E-state index in [1.54, 1.807) is 0 Å². The molecule has 0 aliphatic carbocycles. The topological polar surface area (TPSA) is 12.5 Å². The monoisotopic (exact) mass is 298 g/mol. The summed E-state index contributed by atoms with van der Waals surface area (Å²) in [5.41, 5.74) is 4.89. The molecule has 4 heteroatoms. The summed E-state index contributed by atoms with van der Waals surface area (Å²) < 4.78 is 4.70. The predicted molar refractivity (Wildman–Crippen MR) is 90.8 cm³/mol. The Morgan fingerprint density at radius 3 is 1.65 bits per heavy atom. The summed E-state index contributed by atoms with van der Waals surface area (Å²) in [7, 11) is 0. The van der Waals surface area contributed by atoms with E-state index in [-0.39, 0.29) is 0 Å². The van der Waals surface area contributed by atoms with E-state index in [2.05, 4.69) is 104 Å². The molecule has 0 unspecified atom stereocenters. The van der Waals surface area contributed by atoms with Gasteiger partial charge in [0.2, 0.25) is 11.4 Å². The predicted octanol–water partition coefficient (Wildman–Crippen LogP) is 3.12. The fraction of sp³-hybridized carbons (Fsp3) is 0.0526. The van der Waals surface area contributed by atoms with Crippen LogP contribution in [0.2, 0.25) is 0 Å². The lowest BCUT2D eigenvalue weighted by Crippen LogP contribution is -2.66. The molecule has 6 rings (SSSR count). The fourth-order valence-corrected chi connectivity index (χ4v) is 4.23. The van der Waals surface area contributed by atoms with Gasteiger partial charge in [-0.25, -0.2) is 0 Å². The molecule has 0 atom stereocenters. The Morgan fingerprint density at radius 2 is 1.13 bits per heavy atom. The van der Waals surface area contributed by atoms with Crippen LogP contribution in [-0.4, -0.2) is 27.5 Å². The average molecular weight is 298 g/mol. The lowest BCUT2D eigenvalue weighted by atomic mass is 10.2. The van der Waals surface area contributed by atoms with Crippen molar-refractivity contribution in [2.45, 2.75) is 5.91 Å². The molecule has 4 aliphatic rings. The van der Waals surface area contributed by atoms with Crippen molar-refractivity contribution in [3.63, 3.8) is 0 Å². The molecule has 108 valence electrons. The summed E-state index contributed by atoms with van der Waals surface area (Å²) in [4.78, 5) is 4.70. The number of fused-ring (bicyclic) bond motifs is 6. The lowest BCUT2D eigenvalue weighted by Gasteiger charge is -2.32. The average Bonchev–Trinajstić information content (AvgIpc) is 3.09. The van der Waals surface area contributed by atoms with E-state index in [9.17, 15) is 0 Å². The van der Waals surface area contributed by atoms with Gasteiger partial charge in [0.25, 0.3) is 0 Å². The van der Waals surface area contributed by atoms with Gasteiger partial charge in [-0.15, -0.1) is 0 Å². The van der Waals surface area contributed by atoms with E-state index in [0.717, 1.165) is 0 Å². The van der Waals surface area contributed by atoms with E-state index < -0.39 is 5.91 Å². The zero-order valence-electron chi connectivity index (χ0n) is 12.4. The number of hydrogen-bond acceptors (Lipinski definition) is 2. The van der Waals surface area contributed by atoms with Crippen molar-refractivity contribution in [2.75, 3.05) is 9.80 Å². The van der Waals surface area contributed by atoms with E-state index in [1.807, 2.05) is 0 Å². The van der Waals surface area contributed by atoms with Crippen LogP contribution in [0.4, 0.5) is 22.7 Å². The Morgan fingerprint density at radius 1 is 0.652 bits per heavy atom. The van der Waals surface area contributed by atoms with Gasteiger partial charge in [0.05, 0.1) is 0 Å². The third kappa shape index (κ3) is 1.07. The van der Waals surface area contributed by atoms with Gasteiger partial charge in [-0.1, -0.05) is 33.4 Å². The van der Waals surface area contributed by atoms with Crippen LogP contribution >= 0.6 is 0 Å². The van der Waals surface area contributed by atoms with Crippen molar-refractivity contribution in [3.8, 4) is 0 Å². The first-order valence-electron chi connectivity index (χ1n) is 7.81. The first-order chi connectivity index (χ1) is 11.4. The maximum atomic E-state index is 2.35.